The molecule has 0 aromatic heterocycles. The number of amidine groups is 1. The molecule has 0 bridgehead atoms. The quantitative estimate of drug-likeness (QED) is 0.381. The van der Waals surface area contributed by atoms with Gasteiger partial charge in [-0.2, -0.15) is 18.2 Å². The van der Waals surface area contributed by atoms with E-state index >= 15 is 0 Å². The van der Waals surface area contributed by atoms with Gasteiger partial charge in [0.05, 0.1) is 4.91 Å². The van der Waals surface area contributed by atoms with Crippen LogP contribution in [0.15, 0.2) is 76.6 Å². The van der Waals surface area contributed by atoms with Crippen LogP contribution in [0.1, 0.15) is 12.5 Å². The number of nitrogens with one attached hydrogen (secondary N) is 1. The Balaban J connectivity index is 0.000000552. The minimum atomic E-state index is -0.833. The van der Waals surface area contributed by atoms with Crippen molar-refractivity contribution in [2.45, 2.75) is 6.92 Å². The molecule has 29 heavy (non-hydrogen) atoms. The number of carbonyl (C=O) groups is 2. The normalized spacial score (nSPS) is 15.4. The number of thioether (sulfide) groups is 1. The number of nitrogens with zero attached hydrogens (tertiary/aromatic N) is 1. The maximum Gasteiger partial charge on any atom is 1.00 e. The van der Waals surface area contributed by atoms with E-state index in [0.29, 0.717) is 10.1 Å². The van der Waals surface area contributed by atoms with Crippen LogP contribution in [0.2, 0.25) is 0 Å². The van der Waals surface area contributed by atoms with E-state index in [1.54, 1.807) is 12.1 Å². The standard InChI is InChI=1S/C20H13N2OS.C2H4O2.Na/c23-19-18(24-20(22-19)21-17-8-2-1-3-9-17)13-14-10-11-15-6-4-5-7-16(15)12-14;1-2(3)4;/h2-13H,(H,21,22,23);1H3,(H,3,4);/q-1;;+1/b18-13-;;. The molecular formula is C22H17N2NaO3S. The van der Waals surface area contributed by atoms with Crippen molar-refractivity contribution in [3.8, 4) is 0 Å². The maximum atomic E-state index is 12.2. The first-order chi connectivity index (χ1) is 13.5. The molecule has 1 aliphatic rings. The summed E-state index contributed by atoms with van der Waals surface area (Å²) in [5.74, 6) is -0.950. The van der Waals surface area contributed by atoms with E-state index < -0.39 is 5.97 Å². The summed E-state index contributed by atoms with van der Waals surface area (Å²) in [7, 11) is 0. The number of hydrogen-bond donors (Lipinski definition) is 2. The molecule has 0 spiro atoms. The van der Waals surface area contributed by atoms with Crippen LogP contribution in [-0.4, -0.2) is 22.2 Å². The number of amides is 1. The monoisotopic (exact) mass is 412 g/mol. The van der Waals surface area contributed by atoms with Gasteiger partial charge in [-0.05, 0) is 45.9 Å². The van der Waals surface area contributed by atoms with Gasteiger partial charge in [0.25, 0.3) is 11.9 Å². The molecule has 1 aliphatic heterocycles. The molecule has 0 atom stereocenters. The van der Waals surface area contributed by atoms with Crippen molar-refractivity contribution in [1.29, 1.82) is 0 Å². The Hall–Kier alpha value is -2.38. The zero-order valence-electron chi connectivity index (χ0n) is 16.0. The third-order valence-electron chi connectivity index (χ3n) is 3.65. The molecule has 4 rings (SSSR count). The Labute approximate surface area is 195 Å². The van der Waals surface area contributed by atoms with Gasteiger partial charge in [-0.1, -0.05) is 36.4 Å². The number of carbonyl (C=O) groups excluding carboxylic acids is 1. The first kappa shape index (κ1) is 22.9. The van der Waals surface area contributed by atoms with Gasteiger partial charge in [0, 0.05) is 6.92 Å². The Morgan fingerprint density at radius 2 is 1.76 bits per heavy atom. The van der Waals surface area contributed by atoms with Gasteiger partial charge in [-0.25, -0.2) is 0 Å². The van der Waals surface area contributed by atoms with Crippen LogP contribution in [0.25, 0.3) is 16.8 Å². The summed E-state index contributed by atoms with van der Waals surface area (Å²) in [5.41, 5.74) is 1.80. The van der Waals surface area contributed by atoms with E-state index in [2.05, 4.69) is 40.6 Å². The molecule has 1 saturated heterocycles. The van der Waals surface area contributed by atoms with Crippen LogP contribution < -0.4 is 34.9 Å². The first-order valence-corrected chi connectivity index (χ1v) is 9.27. The van der Waals surface area contributed by atoms with Crippen molar-refractivity contribution < 1.29 is 44.3 Å². The zero-order chi connectivity index (χ0) is 19.9. The number of hydrogen-bond acceptors (Lipinski definition) is 4. The van der Waals surface area contributed by atoms with Gasteiger partial charge < -0.3 is 10.4 Å². The second-order valence-electron chi connectivity index (χ2n) is 5.87. The SMILES string of the molecule is CC(=O)O.O=C1NC(=Nc2cc[c-]cc2)S/C1=C\c1ccc2ccccc2c1.[Na+]. The van der Waals surface area contributed by atoms with Gasteiger partial charge in [-0.3, -0.25) is 14.6 Å². The van der Waals surface area contributed by atoms with Gasteiger partial charge >= 0.3 is 29.6 Å². The van der Waals surface area contributed by atoms with Crippen LogP contribution in [-0.2, 0) is 9.59 Å². The van der Waals surface area contributed by atoms with Crippen molar-refractivity contribution >= 4 is 51.3 Å². The molecule has 7 heteroatoms. The van der Waals surface area contributed by atoms with Gasteiger partial charge in [-0.15, -0.1) is 12.1 Å². The van der Waals surface area contributed by atoms with Gasteiger partial charge in [0.2, 0.25) is 0 Å². The molecule has 0 aliphatic carbocycles. The Morgan fingerprint density at radius 3 is 2.45 bits per heavy atom. The summed E-state index contributed by atoms with van der Waals surface area (Å²) < 4.78 is 0. The third kappa shape index (κ3) is 6.87. The summed E-state index contributed by atoms with van der Waals surface area (Å²) in [6.45, 7) is 1.08. The Morgan fingerprint density at radius 1 is 1.10 bits per heavy atom. The van der Waals surface area contributed by atoms with E-state index in [0.717, 1.165) is 23.6 Å². The zero-order valence-corrected chi connectivity index (χ0v) is 18.9. The van der Waals surface area contributed by atoms with Gasteiger partial charge in [0.15, 0.2) is 5.17 Å². The van der Waals surface area contributed by atoms with Crippen molar-refractivity contribution in [2.24, 2.45) is 4.99 Å². The van der Waals surface area contributed by atoms with Crippen LogP contribution in [0.4, 0.5) is 5.69 Å². The molecule has 1 heterocycles. The van der Waals surface area contributed by atoms with Crippen LogP contribution in [0.5, 0.6) is 0 Å². The molecule has 140 valence electrons. The van der Waals surface area contributed by atoms with E-state index in [-0.39, 0.29) is 35.5 Å². The van der Waals surface area contributed by atoms with E-state index in [1.807, 2.05) is 36.4 Å². The van der Waals surface area contributed by atoms with Crippen molar-refractivity contribution in [2.75, 3.05) is 0 Å². The number of carboxylic acid groups (broad SMARTS) is 1. The van der Waals surface area contributed by atoms with Crippen molar-refractivity contribution in [3.05, 3.63) is 83.3 Å². The number of benzene rings is 3. The molecule has 2 N–H and O–H groups in total. The van der Waals surface area contributed by atoms with Gasteiger partial charge in [0.1, 0.15) is 0 Å². The molecule has 5 nitrogen and oxygen atoms in total. The predicted octanol–water partition coefficient (Wildman–Crippen LogP) is 1.63. The Bertz CT molecular complexity index is 1080. The predicted molar refractivity (Wildman–Crippen MR) is 113 cm³/mol. The van der Waals surface area contributed by atoms with Crippen molar-refractivity contribution in [1.82, 2.24) is 5.32 Å². The topological polar surface area (TPSA) is 78.8 Å². The molecule has 3 aromatic rings. The summed E-state index contributed by atoms with van der Waals surface area (Å²) in [6.07, 6.45) is 1.90. The average molecular weight is 412 g/mol. The summed E-state index contributed by atoms with van der Waals surface area (Å²) in [5, 5.41) is 13.2. The second-order valence-corrected chi connectivity index (χ2v) is 6.90. The first-order valence-electron chi connectivity index (χ1n) is 8.45. The van der Waals surface area contributed by atoms with Crippen molar-refractivity contribution in [3.63, 3.8) is 0 Å². The molecule has 1 fully saturated rings. The average Bonchev–Trinajstić information content (AvgIpc) is 3.01. The third-order valence-corrected chi connectivity index (χ3v) is 4.56. The minimum absolute atomic E-state index is 0. The molecule has 3 aromatic carbocycles. The molecule has 0 saturated carbocycles. The van der Waals surface area contributed by atoms with Crippen LogP contribution in [0.3, 0.4) is 0 Å². The van der Waals surface area contributed by atoms with Crippen LogP contribution >= 0.6 is 11.8 Å². The number of fused-ring (bicyclic) bond motifs is 1. The molecule has 1 amide bonds. The molecule has 0 radical (unpaired) electrons. The largest absolute Gasteiger partial charge is 1.00 e. The maximum absolute atomic E-state index is 12.2. The number of aliphatic carboxylic acids is 1. The fourth-order valence-electron chi connectivity index (χ4n) is 2.50. The van der Waals surface area contributed by atoms with E-state index in [4.69, 9.17) is 9.90 Å². The summed E-state index contributed by atoms with van der Waals surface area (Å²) in [4.78, 5) is 26.2. The smallest absolute Gasteiger partial charge is 0.481 e. The number of aliphatic imine (C=N–C) groups is 1. The Kier molecular flexibility index (Phi) is 8.67. The second kappa shape index (κ2) is 11.0. The van der Waals surface area contributed by atoms with E-state index in [9.17, 15) is 4.79 Å². The molecule has 0 unspecified atom stereocenters. The fraction of sp³-hybridized carbons (Fsp3) is 0.0455. The van der Waals surface area contributed by atoms with Crippen LogP contribution in [0, 0.1) is 6.07 Å². The number of carboxylic acids is 1. The number of rotatable bonds is 2. The summed E-state index contributed by atoms with van der Waals surface area (Å²) in [6, 6.07) is 24.6. The minimum Gasteiger partial charge on any atom is -0.481 e. The summed E-state index contributed by atoms with van der Waals surface area (Å²) >= 11 is 1.35. The molecular weight excluding hydrogens is 395 g/mol. The fourth-order valence-corrected chi connectivity index (χ4v) is 3.34. The van der Waals surface area contributed by atoms with E-state index in [1.165, 1.54) is 17.1 Å².